The predicted octanol–water partition coefficient (Wildman–Crippen LogP) is 2.00. The lowest BCUT2D eigenvalue weighted by molar-refractivity contribution is -0.137. The number of amides is 2. The first-order valence-corrected chi connectivity index (χ1v) is 7.21. The molecule has 1 aliphatic carbocycles. The summed E-state index contributed by atoms with van der Waals surface area (Å²) in [5.41, 5.74) is 0.220. The number of benzene rings is 1. The highest BCUT2D eigenvalue weighted by atomic mass is 16.2. The largest absolute Gasteiger partial charge is 0.353 e. The molecule has 2 rings (SSSR count). The summed E-state index contributed by atoms with van der Waals surface area (Å²) < 4.78 is 0. The maximum atomic E-state index is 12.2. The van der Waals surface area contributed by atoms with Crippen molar-refractivity contribution >= 4 is 11.8 Å². The van der Waals surface area contributed by atoms with E-state index in [4.69, 9.17) is 0 Å². The Morgan fingerprint density at radius 3 is 2.40 bits per heavy atom. The van der Waals surface area contributed by atoms with E-state index in [-0.39, 0.29) is 17.9 Å². The van der Waals surface area contributed by atoms with Crippen molar-refractivity contribution in [2.75, 3.05) is 0 Å². The summed E-state index contributed by atoms with van der Waals surface area (Å²) in [5, 5.41) is 5.79. The fraction of sp³-hybridized carbons (Fsp3) is 0.500. The van der Waals surface area contributed by atoms with Gasteiger partial charge in [-0.1, -0.05) is 37.3 Å². The molecule has 108 valence electrons. The molecule has 1 saturated carbocycles. The molecule has 0 radical (unpaired) electrons. The molecule has 0 aromatic heterocycles. The molecule has 2 N–H and O–H groups in total. The molecule has 4 heteroatoms. The van der Waals surface area contributed by atoms with Crippen molar-refractivity contribution in [1.82, 2.24) is 10.6 Å². The molecule has 0 bridgehead atoms. The molecule has 1 unspecified atom stereocenters. The lowest BCUT2D eigenvalue weighted by Gasteiger charge is -2.18. The van der Waals surface area contributed by atoms with Crippen LogP contribution in [0.4, 0.5) is 0 Å². The van der Waals surface area contributed by atoms with Crippen LogP contribution in [0.5, 0.6) is 0 Å². The Kier molecular flexibility index (Phi) is 4.42. The summed E-state index contributed by atoms with van der Waals surface area (Å²) in [7, 11) is 0. The van der Waals surface area contributed by atoms with Gasteiger partial charge in [-0.3, -0.25) is 9.59 Å². The summed E-state index contributed by atoms with van der Waals surface area (Å²) in [6, 6.07) is 9.83. The molecule has 0 aliphatic heterocycles. The third kappa shape index (κ3) is 3.18. The Hall–Kier alpha value is -1.84. The zero-order valence-electron chi connectivity index (χ0n) is 12.1. The topological polar surface area (TPSA) is 58.2 Å². The van der Waals surface area contributed by atoms with Crippen molar-refractivity contribution in [1.29, 1.82) is 0 Å². The maximum Gasteiger partial charge on any atom is 0.235 e. The quantitative estimate of drug-likeness (QED) is 0.779. The number of carbonyl (C=O) groups excluding carboxylic acids is 2. The Labute approximate surface area is 119 Å². The lowest BCUT2D eigenvalue weighted by atomic mass is 10.0. The fourth-order valence-electron chi connectivity index (χ4n) is 2.09. The third-order valence-corrected chi connectivity index (χ3v) is 3.91. The molecule has 4 nitrogen and oxygen atoms in total. The second-order valence-electron chi connectivity index (χ2n) is 5.53. The van der Waals surface area contributed by atoms with Crippen LogP contribution in [0.2, 0.25) is 0 Å². The highest BCUT2D eigenvalue weighted by molar-refractivity contribution is 6.07. The van der Waals surface area contributed by atoms with E-state index in [0.29, 0.717) is 19.4 Å². The van der Waals surface area contributed by atoms with Gasteiger partial charge in [0.05, 0.1) is 0 Å². The van der Waals surface area contributed by atoms with E-state index in [1.807, 2.05) is 44.2 Å². The van der Waals surface area contributed by atoms with Gasteiger partial charge in [-0.25, -0.2) is 0 Å². The van der Waals surface area contributed by atoms with Gasteiger partial charge >= 0.3 is 0 Å². The standard InChI is InChI=1S/C16H22N2O2/c1-3-12(2)18-15(20)16(9-10-16)14(19)17-11-13-7-5-4-6-8-13/h4-8,12H,3,9-11H2,1-2H3,(H,17,19)(H,18,20). The van der Waals surface area contributed by atoms with E-state index in [2.05, 4.69) is 10.6 Å². The Bertz CT molecular complexity index is 481. The smallest absolute Gasteiger partial charge is 0.235 e. The number of rotatable bonds is 6. The van der Waals surface area contributed by atoms with Gasteiger partial charge in [0.25, 0.3) is 0 Å². The van der Waals surface area contributed by atoms with Crippen LogP contribution in [-0.4, -0.2) is 17.9 Å². The SMILES string of the molecule is CCC(C)NC(=O)C1(C(=O)NCc2ccccc2)CC1. The van der Waals surface area contributed by atoms with Crippen molar-refractivity contribution in [2.45, 2.75) is 45.7 Å². The number of hydrogen-bond acceptors (Lipinski definition) is 2. The Balaban J connectivity index is 1.90. The van der Waals surface area contributed by atoms with Crippen molar-refractivity contribution in [3.8, 4) is 0 Å². The van der Waals surface area contributed by atoms with E-state index < -0.39 is 5.41 Å². The van der Waals surface area contributed by atoms with Gasteiger partial charge in [-0.15, -0.1) is 0 Å². The van der Waals surface area contributed by atoms with Gasteiger partial charge in [0, 0.05) is 12.6 Å². The van der Waals surface area contributed by atoms with Crippen LogP contribution in [0.3, 0.4) is 0 Å². The van der Waals surface area contributed by atoms with Crippen LogP contribution in [0.15, 0.2) is 30.3 Å². The van der Waals surface area contributed by atoms with Crippen molar-refractivity contribution in [3.63, 3.8) is 0 Å². The normalized spacial score (nSPS) is 17.1. The number of hydrogen-bond donors (Lipinski definition) is 2. The minimum Gasteiger partial charge on any atom is -0.353 e. The summed E-state index contributed by atoms with van der Waals surface area (Å²) >= 11 is 0. The summed E-state index contributed by atoms with van der Waals surface area (Å²) in [4.78, 5) is 24.4. The molecule has 0 heterocycles. The highest BCUT2D eigenvalue weighted by Gasteiger charge is 2.56. The van der Waals surface area contributed by atoms with Crippen LogP contribution in [-0.2, 0) is 16.1 Å². The summed E-state index contributed by atoms with van der Waals surface area (Å²) in [6.45, 7) is 4.44. The number of carbonyl (C=O) groups is 2. The van der Waals surface area contributed by atoms with Gasteiger partial charge in [-0.05, 0) is 31.7 Å². The maximum absolute atomic E-state index is 12.2. The van der Waals surface area contributed by atoms with Crippen LogP contribution < -0.4 is 10.6 Å². The molecule has 1 aliphatic rings. The van der Waals surface area contributed by atoms with Crippen molar-refractivity contribution in [3.05, 3.63) is 35.9 Å². The Morgan fingerprint density at radius 2 is 1.85 bits per heavy atom. The van der Waals surface area contributed by atoms with E-state index in [0.717, 1.165) is 12.0 Å². The van der Waals surface area contributed by atoms with E-state index in [1.165, 1.54) is 0 Å². The molecule has 2 amide bonds. The molecule has 1 atom stereocenters. The summed E-state index contributed by atoms with van der Waals surface area (Å²) in [6.07, 6.45) is 2.17. The van der Waals surface area contributed by atoms with Crippen molar-refractivity contribution in [2.24, 2.45) is 5.41 Å². The van der Waals surface area contributed by atoms with Crippen LogP contribution in [0.25, 0.3) is 0 Å². The molecule has 1 aromatic carbocycles. The van der Waals surface area contributed by atoms with Gasteiger partial charge in [0.15, 0.2) is 0 Å². The van der Waals surface area contributed by atoms with Crippen LogP contribution in [0, 0.1) is 5.41 Å². The van der Waals surface area contributed by atoms with Gasteiger partial charge < -0.3 is 10.6 Å². The molecule has 1 fully saturated rings. The van der Waals surface area contributed by atoms with Crippen LogP contribution in [0.1, 0.15) is 38.7 Å². The molecule has 1 aromatic rings. The first-order valence-electron chi connectivity index (χ1n) is 7.21. The van der Waals surface area contributed by atoms with E-state index in [1.54, 1.807) is 0 Å². The van der Waals surface area contributed by atoms with Gasteiger partial charge in [0.1, 0.15) is 5.41 Å². The summed E-state index contributed by atoms with van der Waals surface area (Å²) in [5.74, 6) is -0.278. The first-order chi connectivity index (χ1) is 9.58. The fourth-order valence-corrected chi connectivity index (χ4v) is 2.09. The molecular formula is C16H22N2O2. The third-order valence-electron chi connectivity index (χ3n) is 3.91. The van der Waals surface area contributed by atoms with Crippen LogP contribution >= 0.6 is 0 Å². The van der Waals surface area contributed by atoms with E-state index >= 15 is 0 Å². The minimum atomic E-state index is -0.821. The average Bonchev–Trinajstić information content (AvgIpc) is 3.27. The molecule has 0 saturated heterocycles. The Morgan fingerprint density at radius 1 is 1.20 bits per heavy atom. The van der Waals surface area contributed by atoms with Gasteiger partial charge in [0.2, 0.25) is 11.8 Å². The monoisotopic (exact) mass is 274 g/mol. The molecular weight excluding hydrogens is 252 g/mol. The van der Waals surface area contributed by atoms with E-state index in [9.17, 15) is 9.59 Å². The highest BCUT2D eigenvalue weighted by Crippen LogP contribution is 2.46. The molecule has 20 heavy (non-hydrogen) atoms. The zero-order valence-corrected chi connectivity index (χ0v) is 12.1. The van der Waals surface area contributed by atoms with Crippen molar-refractivity contribution < 1.29 is 9.59 Å². The predicted molar refractivity (Wildman–Crippen MR) is 77.9 cm³/mol. The zero-order chi connectivity index (χ0) is 14.6. The number of nitrogens with one attached hydrogen (secondary N) is 2. The second-order valence-corrected chi connectivity index (χ2v) is 5.53. The minimum absolute atomic E-state index is 0.113. The second kappa shape index (κ2) is 6.07. The molecule has 0 spiro atoms. The first kappa shape index (κ1) is 14.6. The lowest BCUT2D eigenvalue weighted by Crippen LogP contribution is -2.45. The van der Waals surface area contributed by atoms with Gasteiger partial charge in [-0.2, -0.15) is 0 Å². The average molecular weight is 274 g/mol.